The fourth-order valence-corrected chi connectivity index (χ4v) is 1.69. The van der Waals surface area contributed by atoms with Gasteiger partial charge in [0.15, 0.2) is 0 Å². The number of carbonyl (C=O) groups excluding carboxylic acids is 1. The lowest BCUT2D eigenvalue weighted by Gasteiger charge is -2.08. The van der Waals surface area contributed by atoms with Gasteiger partial charge in [0.2, 0.25) is 0 Å². The summed E-state index contributed by atoms with van der Waals surface area (Å²) in [7, 11) is 0. The monoisotopic (exact) mass is 308 g/mol. The summed E-state index contributed by atoms with van der Waals surface area (Å²) in [6.45, 7) is 0. The molecule has 0 fully saturated rings. The van der Waals surface area contributed by atoms with E-state index in [0.717, 1.165) is 4.47 Å². The zero-order valence-electron chi connectivity index (χ0n) is 9.13. The van der Waals surface area contributed by atoms with Crippen LogP contribution < -0.4 is 5.43 Å². The fourth-order valence-electron chi connectivity index (χ4n) is 1.43. The minimum atomic E-state index is -1.10. The highest BCUT2D eigenvalue weighted by molar-refractivity contribution is 9.10. The molecule has 92 valence electrons. The topological polar surface area (TPSA) is 71.3 Å². The Morgan fingerprint density at radius 1 is 1.17 bits per heavy atom. The lowest BCUT2D eigenvalue weighted by Crippen LogP contribution is -2.25. The maximum absolute atomic E-state index is 11.9. The van der Waals surface area contributed by atoms with Gasteiger partial charge in [-0.2, -0.15) is 0 Å². The molecule has 18 heavy (non-hydrogen) atoms. The number of halogens is 1. The zero-order valence-corrected chi connectivity index (χ0v) is 10.7. The molecule has 2 rings (SSSR count). The van der Waals surface area contributed by atoms with Gasteiger partial charge >= 0.3 is 5.97 Å². The Kier molecular flexibility index (Phi) is 3.47. The van der Waals surface area contributed by atoms with E-state index in [2.05, 4.69) is 21.4 Å². The van der Waals surface area contributed by atoms with Crippen molar-refractivity contribution in [3.63, 3.8) is 0 Å². The summed E-state index contributed by atoms with van der Waals surface area (Å²) in [5.41, 5.74) is 2.94. The number of amides is 1. The molecule has 2 N–H and O–H groups in total. The molecule has 2 aromatic rings. The molecule has 0 radical (unpaired) electrons. The molecule has 6 heteroatoms. The van der Waals surface area contributed by atoms with Crippen LogP contribution in [0.25, 0.3) is 0 Å². The molecule has 0 saturated carbocycles. The van der Waals surface area contributed by atoms with Crippen LogP contribution in [0.5, 0.6) is 0 Å². The summed E-state index contributed by atoms with van der Waals surface area (Å²) < 4.78 is 2.04. The first-order chi connectivity index (χ1) is 8.58. The van der Waals surface area contributed by atoms with Gasteiger partial charge < -0.3 is 5.11 Å². The Morgan fingerprint density at radius 3 is 2.44 bits per heavy atom. The highest BCUT2D eigenvalue weighted by Crippen LogP contribution is 2.11. The van der Waals surface area contributed by atoms with Crippen LogP contribution in [0.3, 0.4) is 0 Å². The third-order valence-electron chi connectivity index (χ3n) is 2.30. The van der Waals surface area contributed by atoms with Gasteiger partial charge in [-0.25, -0.2) is 4.79 Å². The van der Waals surface area contributed by atoms with Gasteiger partial charge in [-0.05, 0) is 36.4 Å². The van der Waals surface area contributed by atoms with Crippen LogP contribution in [0.1, 0.15) is 20.8 Å². The Balaban J connectivity index is 2.19. The van der Waals surface area contributed by atoms with Crippen LogP contribution in [0.15, 0.2) is 47.1 Å². The van der Waals surface area contributed by atoms with E-state index in [9.17, 15) is 9.59 Å². The maximum atomic E-state index is 11.9. The molecule has 0 bridgehead atoms. The van der Waals surface area contributed by atoms with E-state index in [1.807, 2.05) is 0 Å². The number of rotatable bonds is 3. The van der Waals surface area contributed by atoms with Crippen molar-refractivity contribution in [3.05, 3.63) is 58.3 Å². The van der Waals surface area contributed by atoms with Crippen LogP contribution in [-0.2, 0) is 0 Å². The van der Waals surface area contributed by atoms with Crippen LogP contribution in [0.2, 0.25) is 0 Å². The number of carbonyl (C=O) groups is 2. The van der Waals surface area contributed by atoms with Gasteiger partial charge in [-0.1, -0.05) is 15.9 Å². The molecule has 0 saturated heterocycles. The summed E-state index contributed by atoms with van der Waals surface area (Å²) >= 11 is 3.27. The number of carboxylic acids is 1. The minimum absolute atomic E-state index is 0.000427. The van der Waals surface area contributed by atoms with Crippen LogP contribution >= 0.6 is 15.9 Å². The average molecular weight is 309 g/mol. The predicted octanol–water partition coefficient (Wildman–Crippen LogP) is 2.33. The summed E-state index contributed by atoms with van der Waals surface area (Å²) in [5, 5.41) is 8.90. The van der Waals surface area contributed by atoms with Crippen LogP contribution in [0, 0.1) is 0 Å². The van der Waals surface area contributed by atoms with E-state index in [4.69, 9.17) is 5.11 Å². The van der Waals surface area contributed by atoms with Crippen molar-refractivity contribution >= 4 is 27.8 Å². The number of nitrogens with zero attached hydrogens (tertiary/aromatic N) is 1. The molecular weight excluding hydrogens is 300 g/mol. The lowest BCUT2D eigenvalue weighted by atomic mass is 10.2. The molecule has 0 aliphatic carbocycles. The third-order valence-corrected chi connectivity index (χ3v) is 2.82. The molecule has 1 aromatic heterocycles. The second-order valence-electron chi connectivity index (χ2n) is 3.52. The smallest absolute Gasteiger partial charge is 0.354 e. The molecule has 1 heterocycles. The van der Waals surface area contributed by atoms with Crippen molar-refractivity contribution in [2.24, 2.45) is 0 Å². The van der Waals surface area contributed by atoms with E-state index >= 15 is 0 Å². The number of aromatic carboxylic acids is 1. The Hall–Kier alpha value is -2.08. The highest BCUT2D eigenvalue weighted by atomic mass is 79.9. The van der Waals surface area contributed by atoms with Gasteiger partial charge in [0.25, 0.3) is 5.91 Å². The van der Waals surface area contributed by atoms with Crippen molar-refractivity contribution in [2.45, 2.75) is 0 Å². The second kappa shape index (κ2) is 5.05. The molecule has 0 atom stereocenters. The summed E-state index contributed by atoms with van der Waals surface area (Å²) in [6, 6.07) is 9.72. The second-order valence-corrected chi connectivity index (χ2v) is 4.43. The number of hydrogen-bond donors (Lipinski definition) is 2. The van der Waals surface area contributed by atoms with Gasteiger partial charge in [-0.3, -0.25) is 14.9 Å². The number of hydrogen-bond acceptors (Lipinski definition) is 2. The molecule has 1 amide bonds. The first-order valence-electron chi connectivity index (χ1n) is 5.05. The van der Waals surface area contributed by atoms with Gasteiger partial charge in [-0.15, -0.1) is 0 Å². The van der Waals surface area contributed by atoms with Crippen molar-refractivity contribution < 1.29 is 14.7 Å². The van der Waals surface area contributed by atoms with E-state index in [1.54, 1.807) is 30.3 Å². The number of nitrogens with one attached hydrogen (secondary N) is 1. The molecular formula is C12H9BrN2O3. The van der Waals surface area contributed by atoms with E-state index in [-0.39, 0.29) is 11.6 Å². The van der Waals surface area contributed by atoms with Gasteiger partial charge in [0.1, 0.15) is 5.69 Å². The largest absolute Gasteiger partial charge is 0.477 e. The molecule has 0 unspecified atom stereocenters. The predicted molar refractivity (Wildman–Crippen MR) is 69.2 cm³/mol. The highest BCUT2D eigenvalue weighted by Gasteiger charge is 2.11. The third kappa shape index (κ3) is 2.60. The molecule has 0 aliphatic rings. The van der Waals surface area contributed by atoms with Crippen molar-refractivity contribution in [2.75, 3.05) is 5.43 Å². The van der Waals surface area contributed by atoms with Crippen LogP contribution in [-0.4, -0.2) is 21.7 Å². The first kappa shape index (κ1) is 12.4. The van der Waals surface area contributed by atoms with Crippen molar-refractivity contribution in [3.8, 4) is 0 Å². The number of benzene rings is 1. The molecule has 0 spiro atoms. The summed E-state index contributed by atoms with van der Waals surface area (Å²) in [4.78, 5) is 22.7. The molecule has 1 aromatic carbocycles. The van der Waals surface area contributed by atoms with E-state index < -0.39 is 5.97 Å². The quantitative estimate of drug-likeness (QED) is 0.914. The molecule has 0 aliphatic heterocycles. The first-order valence-corrected chi connectivity index (χ1v) is 5.85. The standard InChI is InChI=1S/C12H9BrN2O3/c13-9-5-3-8(4-6-9)11(16)14-15-7-1-2-10(15)12(17)18/h1-7H,(H,14,16)(H,17,18). The normalized spacial score (nSPS) is 10.1. The lowest BCUT2D eigenvalue weighted by molar-refractivity contribution is 0.0687. The van der Waals surface area contributed by atoms with Crippen molar-refractivity contribution in [1.82, 2.24) is 4.68 Å². The number of carboxylic acid groups (broad SMARTS) is 1. The Labute approximate surface area is 111 Å². The SMILES string of the molecule is O=C(Nn1cccc1C(=O)O)c1ccc(Br)cc1. The fraction of sp³-hybridized carbons (Fsp3) is 0. The summed E-state index contributed by atoms with van der Waals surface area (Å²) in [5.74, 6) is -1.47. The molecule has 5 nitrogen and oxygen atoms in total. The Morgan fingerprint density at radius 2 is 1.83 bits per heavy atom. The number of aromatic nitrogens is 1. The zero-order chi connectivity index (χ0) is 13.1. The van der Waals surface area contributed by atoms with E-state index in [1.165, 1.54) is 16.9 Å². The minimum Gasteiger partial charge on any atom is -0.477 e. The average Bonchev–Trinajstić information content (AvgIpc) is 2.78. The van der Waals surface area contributed by atoms with E-state index in [0.29, 0.717) is 5.56 Å². The van der Waals surface area contributed by atoms with Crippen LogP contribution in [0.4, 0.5) is 0 Å². The van der Waals surface area contributed by atoms with Gasteiger partial charge in [0, 0.05) is 16.2 Å². The Bertz CT molecular complexity index is 590. The summed E-state index contributed by atoms with van der Waals surface area (Å²) in [6.07, 6.45) is 1.47. The van der Waals surface area contributed by atoms with Gasteiger partial charge in [0.05, 0.1) is 0 Å². The van der Waals surface area contributed by atoms with Crippen molar-refractivity contribution in [1.29, 1.82) is 0 Å². The maximum Gasteiger partial charge on any atom is 0.354 e.